The van der Waals surface area contributed by atoms with Crippen molar-refractivity contribution < 1.29 is 4.79 Å². The fourth-order valence-corrected chi connectivity index (χ4v) is 4.51. The molecule has 1 fully saturated rings. The van der Waals surface area contributed by atoms with Crippen LogP contribution in [-0.2, 0) is 0 Å². The minimum absolute atomic E-state index is 0. The molecule has 0 radical (unpaired) electrons. The van der Waals surface area contributed by atoms with Crippen molar-refractivity contribution in [2.24, 2.45) is 0 Å². The average Bonchev–Trinajstić information content (AvgIpc) is 3.33. The lowest BCUT2D eigenvalue weighted by atomic mass is 10.2. The first-order chi connectivity index (χ1) is 12.0. The maximum absolute atomic E-state index is 12.9. The van der Waals surface area contributed by atoms with Crippen molar-refractivity contribution in [1.82, 2.24) is 20.0 Å². The van der Waals surface area contributed by atoms with Crippen LogP contribution < -0.4 is 5.32 Å². The van der Waals surface area contributed by atoms with Crippen LogP contribution in [0.15, 0.2) is 30.3 Å². The highest BCUT2D eigenvalue weighted by Gasteiger charge is 2.26. The molecule has 1 aromatic carbocycles. The molecule has 1 saturated heterocycles. The third-order valence-electron chi connectivity index (χ3n) is 4.73. The number of hydrogen-bond acceptors (Lipinski definition) is 4. The highest BCUT2D eigenvalue weighted by Crippen LogP contribution is 2.31. The highest BCUT2D eigenvalue weighted by atomic mass is 35.5. The molecule has 26 heavy (non-hydrogen) atoms. The van der Waals surface area contributed by atoms with Gasteiger partial charge in [-0.1, -0.05) is 11.6 Å². The SMILES string of the molecule is Cc1nn(-c2ccc(Cl)cc2)c2sc(C(=O)N(C)C3CCNC3)cc12.Cl. The summed E-state index contributed by atoms with van der Waals surface area (Å²) in [5, 5.41) is 9.65. The van der Waals surface area contributed by atoms with Gasteiger partial charge in [0.2, 0.25) is 0 Å². The fraction of sp³-hybridized carbons (Fsp3) is 0.333. The Hall–Kier alpha value is -1.60. The van der Waals surface area contributed by atoms with E-state index in [-0.39, 0.29) is 24.4 Å². The molecule has 0 bridgehead atoms. The average molecular weight is 411 g/mol. The van der Waals surface area contributed by atoms with E-state index in [0.717, 1.165) is 46.0 Å². The van der Waals surface area contributed by atoms with Crippen molar-refractivity contribution in [2.75, 3.05) is 20.1 Å². The molecule has 3 heterocycles. The molecule has 3 aromatic rings. The second-order valence-corrected chi connectivity index (χ2v) is 7.83. The Balaban J connectivity index is 0.00000196. The largest absolute Gasteiger partial charge is 0.337 e. The van der Waals surface area contributed by atoms with Crippen molar-refractivity contribution in [3.8, 4) is 5.69 Å². The number of hydrogen-bond donors (Lipinski definition) is 1. The number of nitrogens with zero attached hydrogens (tertiary/aromatic N) is 3. The lowest BCUT2D eigenvalue weighted by Gasteiger charge is -2.22. The third kappa shape index (κ3) is 3.34. The Morgan fingerprint density at radius 2 is 2.12 bits per heavy atom. The Kier molecular flexibility index (Phi) is 5.58. The first-order valence-corrected chi connectivity index (χ1v) is 9.47. The maximum atomic E-state index is 12.9. The van der Waals surface area contributed by atoms with Crippen LogP contribution in [0.5, 0.6) is 0 Å². The van der Waals surface area contributed by atoms with E-state index in [0.29, 0.717) is 5.02 Å². The number of aromatic nitrogens is 2. The summed E-state index contributed by atoms with van der Waals surface area (Å²) in [6.07, 6.45) is 1.00. The minimum Gasteiger partial charge on any atom is -0.337 e. The quantitative estimate of drug-likeness (QED) is 0.711. The molecule has 0 aliphatic carbocycles. The predicted molar refractivity (Wildman–Crippen MR) is 109 cm³/mol. The summed E-state index contributed by atoms with van der Waals surface area (Å²) in [4.78, 5) is 16.5. The number of thiophene rings is 1. The highest BCUT2D eigenvalue weighted by molar-refractivity contribution is 7.20. The first-order valence-electron chi connectivity index (χ1n) is 8.27. The van der Waals surface area contributed by atoms with Gasteiger partial charge in [0, 0.05) is 30.0 Å². The van der Waals surface area contributed by atoms with Crippen molar-refractivity contribution in [1.29, 1.82) is 0 Å². The monoisotopic (exact) mass is 410 g/mol. The lowest BCUT2D eigenvalue weighted by molar-refractivity contribution is 0.0749. The van der Waals surface area contributed by atoms with E-state index in [4.69, 9.17) is 11.6 Å². The van der Waals surface area contributed by atoms with Gasteiger partial charge in [0.25, 0.3) is 5.91 Å². The molecule has 1 aliphatic rings. The molecule has 1 atom stereocenters. The molecule has 8 heteroatoms. The molecular weight excluding hydrogens is 391 g/mol. The van der Waals surface area contributed by atoms with Crippen molar-refractivity contribution in [3.63, 3.8) is 0 Å². The topological polar surface area (TPSA) is 50.2 Å². The van der Waals surface area contributed by atoms with Crippen LogP contribution in [0.4, 0.5) is 0 Å². The van der Waals surface area contributed by atoms with Gasteiger partial charge in [-0.2, -0.15) is 5.10 Å². The summed E-state index contributed by atoms with van der Waals surface area (Å²) in [5.74, 6) is 0.0805. The Labute approximate surface area is 167 Å². The molecule has 1 amide bonds. The normalized spacial score (nSPS) is 16.7. The van der Waals surface area contributed by atoms with Crippen LogP contribution in [0.1, 0.15) is 21.8 Å². The second kappa shape index (κ2) is 7.56. The molecular formula is C18H20Cl2N4OS. The van der Waals surface area contributed by atoms with Gasteiger partial charge in [0.1, 0.15) is 4.83 Å². The molecule has 1 unspecified atom stereocenters. The van der Waals surface area contributed by atoms with Gasteiger partial charge in [0.15, 0.2) is 0 Å². The van der Waals surface area contributed by atoms with Crippen LogP contribution in [0.3, 0.4) is 0 Å². The van der Waals surface area contributed by atoms with Crippen LogP contribution in [-0.4, -0.2) is 46.8 Å². The van der Waals surface area contributed by atoms with E-state index in [1.807, 2.05) is 53.9 Å². The summed E-state index contributed by atoms with van der Waals surface area (Å²) in [6.45, 7) is 3.81. The first kappa shape index (κ1) is 19.2. The van der Waals surface area contributed by atoms with Gasteiger partial charge in [-0.3, -0.25) is 4.79 Å². The van der Waals surface area contributed by atoms with Crippen LogP contribution in [0.2, 0.25) is 5.02 Å². The van der Waals surface area contributed by atoms with Crippen LogP contribution >= 0.6 is 35.3 Å². The van der Waals surface area contributed by atoms with Crippen LogP contribution in [0.25, 0.3) is 15.9 Å². The smallest absolute Gasteiger partial charge is 0.264 e. The van der Waals surface area contributed by atoms with Gasteiger partial charge in [-0.05, 0) is 50.2 Å². The number of amides is 1. The summed E-state index contributed by atoms with van der Waals surface area (Å²) in [6, 6.07) is 9.81. The summed E-state index contributed by atoms with van der Waals surface area (Å²) in [7, 11) is 1.89. The minimum atomic E-state index is 0. The van der Waals surface area contributed by atoms with Gasteiger partial charge in [-0.25, -0.2) is 4.68 Å². The van der Waals surface area contributed by atoms with E-state index in [9.17, 15) is 4.79 Å². The van der Waals surface area contributed by atoms with Gasteiger partial charge in [0.05, 0.1) is 16.3 Å². The van der Waals surface area contributed by atoms with E-state index >= 15 is 0 Å². The van der Waals surface area contributed by atoms with E-state index in [1.54, 1.807) is 0 Å². The standard InChI is InChI=1S/C18H19ClN4OS.ClH/c1-11-15-9-16(17(24)22(2)14-7-8-20-10-14)25-18(15)23(21-11)13-5-3-12(19)4-6-13;/h3-6,9,14,20H,7-8,10H2,1-2H3;1H. The summed E-state index contributed by atoms with van der Waals surface area (Å²) < 4.78 is 1.89. The molecule has 1 aliphatic heterocycles. The fourth-order valence-electron chi connectivity index (χ4n) is 3.22. The number of halogens is 2. The molecule has 5 nitrogen and oxygen atoms in total. The van der Waals surface area contributed by atoms with Crippen molar-refractivity contribution in [2.45, 2.75) is 19.4 Å². The number of carbonyl (C=O) groups excluding carboxylic acids is 1. The Morgan fingerprint density at radius 3 is 2.77 bits per heavy atom. The zero-order valence-corrected chi connectivity index (χ0v) is 16.9. The number of fused-ring (bicyclic) bond motifs is 1. The van der Waals surface area contributed by atoms with Crippen LogP contribution in [0, 0.1) is 6.92 Å². The number of benzene rings is 1. The number of aryl methyl sites for hydroxylation is 1. The Morgan fingerprint density at radius 1 is 1.38 bits per heavy atom. The van der Waals surface area contributed by atoms with Crippen molar-refractivity contribution >= 4 is 51.5 Å². The summed E-state index contributed by atoms with van der Waals surface area (Å²) in [5.41, 5.74) is 1.86. The number of carbonyl (C=O) groups is 1. The molecule has 4 rings (SSSR count). The number of nitrogens with one attached hydrogen (secondary N) is 1. The third-order valence-corrected chi connectivity index (χ3v) is 6.08. The number of rotatable bonds is 3. The molecule has 0 spiro atoms. The summed E-state index contributed by atoms with van der Waals surface area (Å²) >= 11 is 7.48. The van der Waals surface area contributed by atoms with E-state index in [1.165, 1.54) is 11.3 Å². The second-order valence-electron chi connectivity index (χ2n) is 6.37. The molecule has 138 valence electrons. The maximum Gasteiger partial charge on any atom is 0.264 e. The van der Waals surface area contributed by atoms with Gasteiger partial charge in [-0.15, -0.1) is 23.7 Å². The predicted octanol–water partition coefficient (Wildman–Crippen LogP) is 3.90. The van der Waals surface area contributed by atoms with E-state index < -0.39 is 0 Å². The zero-order chi connectivity index (χ0) is 17.6. The number of likely N-dealkylation sites (N-methyl/N-ethyl adjacent to an activating group) is 1. The Bertz CT molecular complexity index is 929. The van der Waals surface area contributed by atoms with E-state index in [2.05, 4.69) is 10.4 Å². The van der Waals surface area contributed by atoms with Gasteiger partial charge >= 0.3 is 0 Å². The molecule has 2 aromatic heterocycles. The van der Waals surface area contributed by atoms with Crippen molar-refractivity contribution in [3.05, 3.63) is 45.9 Å². The zero-order valence-electron chi connectivity index (χ0n) is 14.5. The lowest BCUT2D eigenvalue weighted by Crippen LogP contribution is -2.37. The molecule has 1 N–H and O–H groups in total. The molecule has 0 saturated carbocycles. The van der Waals surface area contributed by atoms with Gasteiger partial charge < -0.3 is 10.2 Å².